The van der Waals surface area contributed by atoms with Crippen molar-refractivity contribution in [3.8, 4) is 11.3 Å². The van der Waals surface area contributed by atoms with E-state index in [1.807, 2.05) is 0 Å². The average molecular weight is 326 g/mol. The summed E-state index contributed by atoms with van der Waals surface area (Å²) in [6, 6.07) is 0. The molecule has 0 aliphatic heterocycles. The molecular formula is C13H16BrN3S. The fraction of sp³-hybridized carbons (Fsp3) is 0.385. The minimum absolute atomic E-state index is 0.873. The second-order valence-corrected chi connectivity index (χ2v) is 5.56. The molecule has 0 spiro atoms. The first-order valence-electron chi connectivity index (χ1n) is 6.07. The second-order valence-electron chi connectivity index (χ2n) is 3.96. The van der Waals surface area contributed by atoms with Crippen molar-refractivity contribution in [2.75, 3.05) is 11.9 Å². The van der Waals surface area contributed by atoms with Gasteiger partial charge in [-0.25, -0.2) is 9.97 Å². The zero-order valence-corrected chi connectivity index (χ0v) is 12.9. The molecule has 0 unspecified atom stereocenters. The van der Waals surface area contributed by atoms with Crippen LogP contribution in [0.2, 0.25) is 0 Å². The number of rotatable bonds is 5. The first kappa shape index (κ1) is 13.5. The molecule has 1 N–H and O–H groups in total. The summed E-state index contributed by atoms with van der Waals surface area (Å²) in [6.45, 7) is 5.13. The summed E-state index contributed by atoms with van der Waals surface area (Å²) in [4.78, 5) is 8.82. The van der Waals surface area contributed by atoms with Gasteiger partial charge >= 0.3 is 0 Å². The van der Waals surface area contributed by atoms with Crippen LogP contribution in [0.4, 0.5) is 5.82 Å². The molecule has 0 aromatic carbocycles. The summed E-state index contributed by atoms with van der Waals surface area (Å²) < 4.78 is 1.10. The lowest BCUT2D eigenvalue weighted by molar-refractivity contribution is 0.902. The van der Waals surface area contributed by atoms with Crippen LogP contribution in [0.5, 0.6) is 0 Å². The fourth-order valence-corrected chi connectivity index (χ4v) is 3.37. The minimum Gasteiger partial charge on any atom is -0.370 e. The van der Waals surface area contributed by atoms with Crippen LogP contribution in [0.15, 0.2) is 21.6 Å². The van der Waals surface area contributed by atoms with Gasteiger partial charge in [0.15, 0.2) is 0 Å². The first-order chi connectivity index (χ1) is 8.77. The number of hydrogen-bond acceptors (Lipinski definition) is 4. The third kappa shape index (κ3) is 2.72. The maximum atomic E-state index is 4.47. The Morgan fingerprint density at radius 1 is 1.28 bits per heavy atom. The van der Waals surface area contributed by atoms with Gasteiger partial charge < -0.3 is 5.32 Å². The predicted octanol–water partition coefficient (Wildman–Crippen LogP) is 4.35. The number of anilines is 1. The van der Waals surface area contributed by atoms with E-state index < -0.39 is 0 Å². The van der Waals surface area contributed by atoms with Crippen molar-refractivity contribution in [3.63, 3.8) is 0 Å². The largest absolute Gasteiger partial charge is 0.370 e. The summed E-state index contributed by atoms with van der Waals surface area (Å²) in [7, 11) is 0. The molecule has 0 radical (unpaired) electrons. The Labute approximate surface area is 120 Å². The molecule has 0 aliphatic carbocycles. The Hall–Kier alpha value is -0.940. The Morgan fingerprint density at radius 3 is 2.72 bits per heavy atom. The Kier molecular flexibility index (Phi) is 4.72. The SMILES string of the molecule is CCCc1c(NCC)ncnc1-c1cscc1Br. The van der Waals surface area contributed by atoms with Crippen LogP contribution in [0, 0.1) is 0 Å². The zero-order valence-electron chi connectivity index (χ0n) is 10.5. The second kappa shape index (κ2) is 6.29. The van der Waals surface area contributed by atoms with Crippen molar-refractivity contribution >= 4 is 33.1 Å². The highest BCUT2D eigenvalue weighted by Gasteiger charge is 2.14. The highest BCUT2D eigenvalue weighted by Crippen LogP contribution is 2.34. The third-order valence-corrected chi connectivity index (χ3v) is 4.36. The van der Waals surface area contributed by atoms with Gasteiger partial charge in [0.2, 0.25) is 0 Å². The standard InChI is InChI=1S/C13H16BrN3S/c1-3-5-9-12(10-6-18-7-11(10)14)16-8-17-13(9)15-4-2/h6-8H,3-5H2,1-2H3,(H,15,16,17). The van der Waals surface area contributed by atoms with Crippen LogP contribution < -0.4 is 5.32 Å². The third-order valence-electron chi connectivity index (χ3n) is 2.66. The van der Waals surface area contributed by atoms with Crippen molar-refractivity contribution in [3.05, 3.63) is 27.1 Å². The molecule has 0 saturated heterocycles. The van der Waals surface area contributed by atoms with Gasteiger partial charge in [-0.3, -0.25) is 0 Å². The normalized spacial score (nSPS) is 10.6. The summed E-state index contributed by atoms with van der Waals surface area (Å²) >= 11 is 5.26. The molecule has 96 valence electrons. The molecule has 0 amide bonds. The molecule has 2 rings (SSSR count). The summed E-state index contributed by atoms with van der Waals surface area (Å²) in [5.74, 6) is 0.961. The maximum absolute atomic E-state index is 4.47. The van der Waals surface area contributed by atoms with Crippen LogP contribution in [0.25, 0.3) is 11.3 Å². The lowest BCUT2D eigenvalue weighted by Crippen LogP contribution is -2.06. The molecule has 5 heteroatoms. The van der Waals surface area contributed by atoms with Crippen molar-refractivity contribution in [2.45, 2.75) is 26.7 Å². The summed E-state index contributed by atoms with van der Waals surface area (Å²) in [6.07, 6.45) is 3.71. The molecule has 0 fully saturated rings. The first-order valence-corrected chi connectivity index (χ1v) is 7.81. The van der Waals surface area contributed by atoms with E-state index in [0.29, 0.717) is 0 Å². The molecule has 0 saturated carbocycles. The van der Waals surface area contributed by atoms with E-state index in [1.165, 1.54) is 5.56 Å². The van der Waals surface area contributed by atoms with Gasteiger partial charge in [0, 0.05) is 32.9 Å². The Morgan fingerprint density at radius 2 is 2.11 bits per heavy atom. The zero-order chi connectivity index (χ0) is 13.0. The van der Waals surface area contributed by atoms with Crippen molar-refractivity contribution < 1.29 is 0 Å². The van der Waals surface area contributed by atoms with E-state index in [1.54, 1.807) is 17.7 Å². The van der Waals surface area contributed by atoms with Gasteiger partial charge in [0.1, 0.15) is 12.1 Å². The molecule has 0 aliphatic rings. The van der Waals surface area contributed by atoms with Gasteiger partial charge in [-0.15, -0.1) is 0 Å². The van der Waals surface area contributed by atoms with Gasteiger partial charge in [-0.1, -0.05) is 13.3 Å². The molecule has 0 bridgehead atoms. The smallest absolute Gasteiger partial charge is 0.133 e. The molecule has 2 heterocycles. The van der Waals surface area contributed by atoms with Crippen LogP contribution in [-0.2, 0) is 6.42 Å². The summed E-state index contributed by atoms with van der Waals surface area (Å²) in [5, 5.41) is 7.53. The monoisotopic (exact) mass is 325 g/mol. The Bertz CT molecular complexity index is 525. The Balaban J connectivity index is 2.52. The topological polar surface area (TPSA) is 37.8 Å². The minimum atomic E-state index is 0.873. The lowest BCUT2D eigenvalue weighted by atomic mass is 10.1. The molecule has 18 heavy (non-hydrogen) atoms. The van der Waals surface area contributed by atoms with E-state index in [2.05, 4.69) is 55.8 Å². The van der Waals surface area contributed by atoms with Gasteiger partial charge in [-0.05, 0) is 29.3 Å². The van der Waals surface area contributed by atoms with Gasteiger partial charge in [-0.2, -0.15) is 11.3 Å². The predicted molar refractivity (Wildman–Crippen MR) is 81.2 cm³/mol. The van der Waals surface area contributed by atoms with E-state index >= 15 is 0 Å². The molecule has 0 atom stereocenters. The molecule has 2 aromatic heterocycles. The number of nitrogens with one attached hydrogen (secondary N) is 1. The van der Waals surface area contributed by atoms with Crippen LogP contribution in [-0.4, -0.2) is 16.5 Å². The maximum Gasteiger partial charge on any atom is 0.133 e. The van der Waals surface area contributed by atoms with E-state index in [4.69, 9.17) is 0 Å². The molecule has 2 aromatic rings. The van der Waals surface area contributed by atoms with Crippen LogP contribution in [0.3, 0.4) is 0 Å². The van der Waals surface area contributed by atoms with Gasteiger partial charge in [0.05, 0.1) is 5.69 Å². The van der Waals surface area contributed by atoms with E-state index in [0.717, 1.165) is 40.9 Å². The van der Waals surface area contributed by atoms with E-state index in [9.17, 15) is 0 Å². The highest BCUT2D eigenvalue weighted by atomic mass is 79.9. The number of aromatic nitrogens is 2. The van der Waals surface area contributed by atoms with Gasteiger partial charge in [0.25, 0.3) is 0 Å². The molecular weight excluding hydrogens is 310 g/mol. The number of hydrogen-bond donors (Lipinski definition) is 1. The van der Waals surface area contributed by atoms with E-state index in [-0.39, 0.29) is 0 Å². The average Bonchev–Trinajstić information content (AvgIpc) is 2.78. The summed E-state index contributed by atoms with van der Waals surface area (Å²) in [5.41, 5.74) is 3.40. The number of thiophene rings is 1. The highest BCUT2D eigenvalue weighted by molar-refractivity contribution is 9.10. The van der Waals surface area contributed by atoms with Crippen LogP contribution in [0.1, 0.15) is 25.8 Å². The van der Waals surface area contributed by atoms with Crippen molar-refractivity contribution in [1.82, 2.24) is 9.97 Å². The van der Waals surface area contributed by atoms with Crippen molar-refractivity contribution in [2.24, 2.45) is 0 Å². The number of halogens is 1. The van der Waals surface area contributed by atoms with Crippen LogP contribution >= 0.6 is 27.3 Å². The quantitative estimate of drug-likeness (QED) is 0.887. The lowest BCUT2D eigenvalue weighted by Gasteiger charge is -2.12. The number of nitrogens with zero attached hydrogens (tertiary/aromatic N) is 2. The fourth-order valence-electron chi connectivity index (χ4n) is 1.90. The molecule has 3 nitrogen and oxygen atoms in total. The van der Waals surface area contributed by atoms with Crippen molar-refractivity contribution in [1.29, 1.82) is 0 Å².